The number of halogens is 1. The van der Waals surface area contributed by atoms with Crippen LogP contribution in [0, 0.1) is 0 Å². The Bertz CT molecular complexity index is 1130. The van der Waals surface area contributed by atoms with E-state index in [9.17, 15) is 9.59 Å². The Morgan fingerprint density at radius 2 is 1.75 bits per heavy atom. The minimum atomic E-state index is -0.472. The molecular weight excluding hydrogens is 432 g/mol. The molecule has 170 valence electrons. The minimum Gasteiger partial charge on any atom is -0.663 e. The Balaban J connectivity index is 1.42. The van der Waals surface area contributed by atoms with Crippen LogP contribution in [0.25, 0.3) is 10.9 Å². The third-order valence-corrected chi connectivity index (χ3v) is 5.40. The molecule has 0 aliphatic heterocycles. The summed E-state index contributed by atoms with van der Waals surface area (Å²) in [4.78, 5) is 36.7. The average molecular weight is 459 g/mol. The van der Waals surface area contributed by atoms with Crippen LogP contribution in [0.2, 0.25) is 5.15 Å². The summed E-state index contributed by atoms with van der Waals surface area (Å²) in [6, 6.07) is 7.76. The minimum absolute atomic E-state index is 0.0246. The van der Waals surface area contributed by atoms with Gasteiger partial charge in [0.2, 0.25) is 5.91 Å². The monoisotopic (exact) mass is 458 g/mol. The Hall–Kier alpha value is -3.37. The molecule has 0 bridgehead atoms. The number of hydrogen-bond acceptors (Lipinski definition) is 6. The van der Waals surface area contributed by atoms with Gasteiger partial charge in [0.25, 0.3) is 5.91 Å². The fraction of sp³-hybridized carbons (Fsp3) is 0.333. The standard InChI is InChI=1S/C21H27ClN8O2/c1-30(2,10-8-26-21(32)17-19(23)29-20(24)18(22)28-17)9-7-25-16(31)11-13-12-27-15-6-4-3-5-14(13)15/h3-6,12H,7-11H2,1-2H3,(H,25,31)(H5,23,24,26,29,32). The van der Waals surface area contributed by atoms with Gasteiger partial charge < -0.3 is 31.6 Å². The fourth-order valence-electron chi connectivity index (χ4n) is 3.23. The smallest absolute Gasteiger partial charge is 0.273 e. The predicted molar refractivity (Wildman–Crippen MR) is 124 cm³/mol. The van der Waals surface area contributed by atoms with Crippen LogP contribution in [0.4, 0.5) is 11.6 Å². The number of carbonyl (C=O) groups is 2. The molecule has 0 atom stereocenters. The third kappa shape index (κ3) is 5.86. The van der Waals surface area contributed by atoms with Gasteiger partial charge in [-0.25, -0.2) is 9.97 Å². The molecule has 32 heavy (non-hydrogen) atoms. The SMILES string of the molecule is C[N+](C)(CCNC(=O)Cc1c[n-]c2ccccc12)CCNC(=O)c1nc(Cl)c(N)nc1N. The first-order chi connectivity index (χ1) is 15.2. The lowest BCUT2D eigenvalue weighted by molar-refractivity contribution is -0.887. The number of hydrogen-bond donors (Lipinski definition) is 4. The molecule has 10 nitrogen and oxygen atoms in total. The van der Waals surface area contributed by atoms with Gasteiger partial charge in [0, 0.05) is 0 Å². The molecule has 3 aromatic rings. The third-order valence-electron chi connectivity index (χ3n) is 5.12. The zero-order valence-corrected chi connectivity index (χ0v) is 18.8. The number of likely N-dealkylation sites (N-methyl/N-ethyl adjacent to an activating group) is 1. The number of amides is 2. The lowest BCUT2D eigenvalue weighted by Gasteiger charge is -2.30. The van der Waals surface area contributed by atoms with Crippen molar-refractivity contribution in [1.29, 1.82) is 0 Å². The Morgan fingerprint density at radius 1 is 1.06 bits per heavy atom. The van der Waals surface area contributed by atoms with E-state index >= 15 is 0 Å². The second-order valence-corrected chi connectivity index (χ2v) is 8.46. The van der Waals surface area contributed by atoms with Gasteiger partial charge in [0.05, 0.1) is 46.7 Å². The van der Waals surface area contributed by atoms with Crippen molar-refractivity contribution in [1.82, 2.24) is 25.6 Å². The van der Waals surface area contributed by atoms with E-state index in [0.29, 0.717) is 30.7 Å². The average Bonchev–Trinajstić information content (AvgIpc) is 3.13. The van der Waals surface area contributed by atoms with E-state index in [1.165, 1.54) is 0 Å². The quantitative estimate of drug-likeness (QED) is 0.342. The van der Waals surface area contributed by atoms with E-state index in [-0.39, 0.29) is 34.8 Å². The largest absolute Gasteiger partial charge is 0.663 e. The number of anilines is 2. The van der Waals surface area contributed by atoms with Crippen molar-refractivity contribution in [3.63, 3.8) is 0 Å². The van der Waals surface area contributed by atoms with Gasteiger partial charge in [-0.05, 0) is 5.39 Å². The normalized spacial score (nSPS) is 11.5. The van der Waals surface area contributed by atoms with Crippen LogP contribution in [-0.4, -0.2) is 66.5 Å². The molecule has 2 aromatic heterocycles. The summed E-state index contributed by atoms with van der Waals surface area (Å²) < 4.78 is 0.588. The van der Waals surface area contributed by atoms with Gasteiger partial charge in [0.1, 0.15) is 0 Å². The summed E-state index contributed by atoms with van der Waals surface area (Å²) in [7, 11) is 4.03. The highest BCUT2D eigenvalue weighted by Crippen LogP contribution is 2.18. The second kappa shape index (κ2) is 9.84. The van der Waals surface area contributed by atoms with Crippen LogP contribution < -0.4 is 27.1 Å². The maximum absolute atomic E-state index is 12.3. The van der Waals surface area contributed by atoms with E-state index < -0.39 is 5.91 Å². The van der Waals surface area contributed by atoms with E-state index in [4.69, 9.17) is 23.1 Å². The van der Waals surface area contributed by atoms with Crippen LogP contribution in [0.1, 0.15) is 16.1 Å². The highest BCUT2D eigenvalue weighted by Gasteiger charge is 2.19. The van der Waals surface area contributed by atoms with E-state index in [1.807, 2.05) is 38.4 Å². The molecule has 0 spiro atoms. The Kier molecular flexibility index (Phi) is 7.16. The molecule has 2 amide bonds. The van der Waals surface area contributed by atoms with E-state index in [1.54, 1.807) is 6.20 Å². The molecular formula is C21H27ClN8O2. The highest BCUT2D eigenvalue weighted by atomic mass is 35.5. The number of nitrogens with one attached hydrogen (secondary N) is 2. The number of nitrogens with two attached hydrogens (primary N) is 2. The summed E-state index contributed by atoms with van der Waals surface area (Å²) >= 11 is 5.82. The molecule has 0 saturated carbocycles. The van der Waals surface area contributed by atoms with Crippen molar-refractivity contribution in [2.24, 2.45) is 0 Å². The fourth-order valence-corrected chi connectivity index (χ4v) is 3.35. The van der Waals surface area contributed by atoms with Crippen LogP contribution in [0.3, 0.4) is 0 Å². The van der Waals surface area contributed by atoms with Crippen molar-refractivity contribution < 1.29 is 14.1 Å². The summed E-state index contributed by atoms with van der Waals surface area (Å²) in [6.45, 7) is 2.22. The van der Waals surface area contributed by atoms with Crippen molar-refractivity contribution >= 4 is 46.0 Å². The zero-order valence-electron chi connectivity index (χ0n) is 18.1. The lowest BCUT2D eigenvalue weighted by Crippen LogP contribution is -2.49. The van der Waals surface area contributed by atoms with Crippen molar-refractivity contribution in [3.8, 4) is 0 Å². The number of fused-ring (bicyclic) bond motifs is 1. The Morgan fingerprint density at radius 3 is 2.50 bits per heavy atom. The summed E-state index contributed by atoms with van der Waals surface area (Å²) in [6.07, 6.45) is 2.04. The number of carbonyl (C=O) groups excluding carboxylic acids is 2. The maximum Gasteiger partial charge on any atom is 0.273 e. The first-order valence-electron chi connectivity index (χ1n) is 10.1. The molecule has 0 unspecified atom stereocenters. The van der Waals surface area contributed by atoms with Gasteiger partial charge >= 0.3 is 0 Å². The molecule has 2 heterocycles. The number of quaternary nitrogens is 1. The molecule has 1 aromatic carbocycles. The van der Waals surface area contributed by atoms with E-state index in [0.717, 1.165) is 16.5 Å². The van der Waals surface area contributed by atoms with Crippen LogP contribution >= 0.6 is 11.6 Å². The number of para-hydroxylation sites is 1. The number of aromatic nitrogens is 3. The number of nitrogen functional groups attached to an aromatic ring is 2. The van der Waals surface area contributed by atoms with Gasteiger partial charge in [0.15, 0.2) is 22.5 Å². The lowest BCUT2D eigenvalue weighted by atomic mass is 10.1. The molecule has 0 saturated heterocycles. The number of nitrogens with zero attached hydrogens (tertiary/aromatic N) is 4. The number of benzene rings is 1. The molecule has 0 radical (unpaired) electrons. The predicted octanol–water partition coefficient (Wildman–Crippen LogP) is 0.570. The topological polar surface area (TPSA) is 150 Å². The summed E-state index contributed by atoms with van der Waals surface area (Å²) in [5, 5.41) is 6.65. The Labute approximate surface area is 190 Å². The van der Waals surface area contributed by atoms with Gasteiger partial charge in [-0.15, -0.1) is 5.52 Å². The van der Waals surface area contributed by atoms with Gasteiger partial charge in [-0.1, -0.05) is 41.4 Å². The van der Waals surface area contributed by atoms with Crippen LogP contribution in [-0.2, 0) is 11.2 Å². The molecule has 0 aliphatic carbocycles. The zero-order chi connectivity index (χ0) is 23.3. The van der Waals surface area contributed by atoms with Crippen molar-refractivity contribution in [2.45, 2.75) is 6.42 Å². The molecule has 3 rings (SSSR count). The number of rotatable bonds is 9. The van der Waals surface area contributed by atoms with Crippen molar-refractivity contribution in [2.75, 3.05) is 51.7 Å². The van der Waals surface area contributed by atoms with E-state index in [2.05, 4.69) is 25.6 Å². The van der Waals surface area contributed by atoms with Crippen molar-refractivity contribution in [3.05, 3.63) is 46.9 Å². The molecule has 0 fully saturated rings. The molecule has 11 heteroatoms. The van der Waals surface area contributed by atoms with Crippen LogP contribution in [0.15, 0.2) is 30.5 Å². The van der Waals surface area contributed by atoms with Gasteiger partial charge in [-0.3, -0.25) is 9.59 Å². The maximum atomic E-state index is 12.3. The summed E-state index contributed by atoms with van der Waals surface area (Å²) in [5.41, 5.74) is 13.0. The van der Waals surface area contributed by atoms with Gasteiger partial charge in [-0.2, -0.15) is 6.20 Å². The van der Waals surface area contributed by atoms with Crippen LogP contribution in [0.5, 0.6) is 0 Å². The molecule has 0 aliphatic rings. The first kappa shape index (κ1) is 23.3. The first-order valence-corrected chi connectivity index (χ1v) is 10.5. The highest BCUT2D eigenvalue weighted by molar-refractivity contribution is 6.31. The summed E-state index contributed by atoms with van der Waals surface area (Å²) in [5.74, 6) is -0.622. The second-order valence-electron chi connectivity index (χ2n) is 8.10. The molecule has 6 N–H and O–H groups in total.